The zero-order chi connectivity index (χ0) is 16.7. The molecule has 9 heteroatoms. The molecule has 2 rings (SSSR count). The summed E-state index contributed by atoms with van der Waals surface area (Å²) in [6, 6.07) is 1.75. The highest BCUT2D eigenvalue weighted by Gasteiger charge is 2.44. The Hall–Kier alpha value is -1.83. The Morgan fingerprint density at radius 1 is 1.32 bits per heavy atom. The van der Waals surface area contributed by atoms with Gasteiger partial charge in [-0.3, -0.25) is 15.0 Å². The number of aromatic nitrogens is 1. The molecule has 1 aromatic rings. The van der Waals surface area contributed by atoms with Gasteiger partial charge in [0.25, 0.3) is 11.8 Å². The number of amides is 2. The summed E-state index contributed by atoms with van der Waals surface area (Å²) in [5.74, 6) is -1.93. The molecule has 2 unspecified atom stereocenters. The number of hydrazine groups is 1. The number of alkyl halides is 3. The molecule has 0 saturated carbocycles. The Balaban J connectivity index is 2.23. The van der Waals surface area contributed by atoms with Gasteiger partial charge in [-0.15, -0.1) is 0 Å². The Kier molecular flexibility index (Phi) is 4.32. The highest BCUT2D eigenvalue weighted by Crippen LogP contribution is 2.35. The van der Waals surface area contributed by atoms with Crippen molar-refractivity contribution in [1.82, 2.24) is 9.99 Å². The minimum Gasteiger partial charge on any atom is -0.272 e. The molecular formula is C13H13ClF3N3O2. The summed E-state index contributed by atoms with van der Waals surface area (Å²) >= 11 is 5.50. The lowest BCUT2D eigenvalue weighted by Gasteiger charge is -2.17. The number of imide groups is 1. The number of carbonyl (C=O) groups is 2. The predicted octanol–water partition coefficient (Wildman–Crippen LogP) is 3.11. The number of hydrogen-bond donors (Lipinski definition) is 1. The van der Waals surface area contributed by atoms with Gasteiger partial charge >= 0.3 is 6.18 Å². The zero-order valence-corrected chi connectivity index (χ0v) is 12.5. The number of halogens is 4. The first-order chi connectivity index (χ1) is 10.2. The summed E-state index contributed by atoms with van der Waals surface area (Å²) in [6.45, 7) is 3.41. The largest absolute Gasteiger partial charge is 0.419 e. The van der Waals surface area contributed by atoms with Crippen LogP contribution in [0.5, 0.6) is 0 Å². The normalized spacial score (nSPS) is 22.4. The number of rotatable bonds is 3. The van der Waals surface area contributed by atoms with E-state index in [2.05, 4.69) is 10.4 Å². The molecule has 2 atom stereocenters. The van der Waals surface area contributed by atoms with E-state index in [0.717, 1.165) is 17.1 Å². The smallest absolute Gasteiger partial charge is 0.272 e. The summed E-state index contributed by atoms with van der Waals surface area (Å²) in [4.78, 5) is 27.6. The lowest BCUT2D eigenvalue weighted by atomic mass is 9.95. The van der Waals surface area contributed by atoms with Crippen LogP contribution in [0.2, 0.25) is 5.15 Å². The fourth-order valence-corrected chi connectivity index (χ4v) is 2.59. The van der Waals surface area contributed by atoms with Gasteiger partial charge in [0.15, 0.2) is 0 Å². The van der Waals surface area contributed by atoms with Crippen LogP contribution in [0.15, 0.2) is 12.1 Å². The van der Waals surface area contributed by atoms with E-state index in [0.29, 0.717) is 6.42 Å². The van der Waals surface area contributed by atoms with Crippen molar-refractivity contribution in [3.8, 4) is 0 Å². The van der Waals surface area contributed by atoms with Gasteiger partial charge in [0, 0.05) is 5.92 Å². The number of anilines is 1. The van der Waals surface area contributed by atoms with Gasteiger partial charge in [-0.2, -0.15) is 18.2 Å². The second-order valence-corrected chi connectivity index (χ2v) is 5.32. The summed E-state index contributed by atoms with van der Waals surface area (Å²) in [6.07, 6.45) is -4.13. The Labute approximate surface area is 129 Å². The SMILES string of the molecule is CCC1C(=O)N(Nc2ccc(C(F)(F)F)c(Cl)n2)C(=O)C1C. The first-order valence-corrected chi connectivity index (χ1v) is 6.92. The van der Waals surface area contributed by atoms with Crippen molar-refractivity contribution in [1.29, 1.82) is 0 Å². The fourth-order valence-electron chi connectivity index (χ4n) is 2.32. The molecule has 0 spiro atoms. The molecule has 0 bridgehead atoms. The monoisotopic (exact) mass is 335 g/mol. The minimum atomic E-state index is -4.62. The Morgan fingerprint density at radius 3 is 2.41 bits per heavy atom. The summed E-state index contributed by atoms with van der Waals surface area (Å²) in [5.41, 5.74) is 1.34. The number of nitrogens with zero attached hydrogens (tertiary/aromatic N) is 2. The van der Waals surface area contributed by atoms with Gasteiger partial charge in [-0.05, 0) is 18.6 Å². The Morgan fingerprint density at radius 2 is 1.95 bits per heavy atom. The topological polar surface area (TPSA) is 62.3 Å². The molecule has 2 amide bonds. The molecule has 120 valence electrons. The average Bonchev–Trinajstić information content (AvgIpc) is 2.61. The predicted molar refractivity (Wildman–Crippen MR) is 72.7 cm³/mol. The third-order valence-electron chi connectivity index (χ3n) is 3.57. The number of pyridine rings is 1. The lowest BCUT2D eigenvalue weighted by molar-refractivity contribution is -0.139. The first-order valence-electron chi connectivity index (χ1n) is 6.55. The van der Waals surface area contributed by atoms with E-state index in [9.17, 15) is 22.8 Å². The van der Waals surface area contributed by atoms with Crippen LogP contribution < -0.4 is 5.43 Å². The van der Waals surface area contributed by atoms with Crippen molar-refractivity contribution in [3.63, 3.8) is 0 Å². The van der Waals surface area contributed by atoms with Gasteiger partial charge < -0.3 is 0 Å². The van der Waals surface area contributed by atoms with Crippen molar-refractivity contribution in [2.24, 2.45) is 11.8 Å². The third kappa shape index (κ3) is 2.87. The quantitative estimate of drug-likeness (QED) is 0.681. The molecule has 1 aliphatic heterocycles. The van der Waals surface area contributed by atoms with Crippen LogP contribution in [0.3, 0.4) is 0 Å². The zero-order valence-electron chi connectivity index (χ0n) is 11.7. The summed E-state index contributed by atoms with van der Waals surface area (Å²) < 4.78 is 37.8. The summed E-state index contributed by atoms with van der Waals surface area (Å²) in [7, 11) is 0. The van der Waals surface area contributed by atoms with Crippen LogP contribution in [0.25, 0.3) is 0 Å². The second kappa shape index (κ2) is 5.75. The van der Waals surface area contributed by atoms with Crippen molar-refractivity contribution in [2.75, 3.05) is 5.43 Å². The van der Waals surface area contributed by atoms with E-state index in [4.69, 9.17) is 11.6 Å². The molecule has 2 heterocycles. The van der Waals surface area contributed by atoms with Gasteiger partial charge in [-0.25, -0.2) is 4.98 Å². The van der Waals surface area contributed by atoms with E-state index in [1.54, 1.807) is 13.8 Å². The van der Waals surface area contributed by atoms with Crippen LogP contribution in [0.4, 0.5) is 19.0 Å². The van der Waals surface area contributed by atoms with Gasteiger partial charge in [0.05, 0.1) is 11.5 Å². The molecule has 1 N–H and O–H groups in total. The molecule has 1 fully saturated rings. The molecular weight excluding hydrogens is 323 g/mol. The maximum Gasteiger partial charge on any atom is 0.419 e. The van der Waals surface area contributed by atoms with Crippen LogP contribution >= 0.6 is 11.6 Å². The standard InChI is InChI=1S/C13H13ClF3N3O2/c1-3-7-6(2)11(21)20(12(7)22)19-9-5-4-8(10(14)18-9)13(15,16)17/h4-7H,3H2,1-2H3,(H,18,19). The number of nitrogens with one attached hydrogen (secondary N) is 1. The lowest BCUT2D eigenvalue weighted by Crippen LogP contribution is -2.36. The molecule has 1 saturated heterocycles. The second-order valence-electron chi connectivity index (χ2n) is 4.96. The molecule has 1 aromatic heterocycles. The average molecular weight is 336 g/mol. The highest BCUT2D eigenvalue weighted by molar-refractivity contribution is 6.30. The fraction of sp³-hybridized carbons (Fsp3) is 0.462. The van der Waals surface area contributed by atoms with E-state index >= 15 is 0 Å². The molecule has 0 aliphatic carbocycles. The van der Waals surface area contributed by atoms with Gasteiger partial charge in [0.2, 0.25) is 0 Å². The number of carbonyl (C=O) groups excluding carboxylic acids is 2. The maximum absolute atomic E-state index is 12.6. The molecule has 1 aliphatic rings. The molecule has 22 heavy (non-hydrogen) atoms. The minimum absolute atomic E-state index is 0.108. The third-order valence-corrected chi connectivity index (χ3v) is 3.86. The van der Waals surface area contributed by atoms with Crippen molar-refractivity contribution in [3.05, 3.63) is 22.8 Å². The van der Waals surface area contributed by atoms with Crippen LogP contribution in [-0.4, -0.2) is 21.8 Å². The van der Waals surface area contributed by atoms with Crippen molar-refractivity contribution >= 4 is 29.2 Å². The first kappa shape index (κ1) is 16.5. The van der Waals surface area contributed by atoms with Gasteiger partial charge in [0.1, 0.15) is 11.0 Å². The highest BCUT2D eigenvalue weighted by atomic mass is 35.5. The number of hydrogen-bond acceptors (Lipinski definition) is 4. The van der Waals surface area contributed by atoms with Crippen molar-refractivity contribution in [2.45, 2.75) is 26.4 Å². The van der Waals surface area contributed by atoms with Crippen LogP contribution in [-0.2, 0) is 15.8 Å². The van der Waals surface area contributed by atoms with E-state index in [1.807, 2.05) is 0 Å². The van der Waals surface area contributed by atoms with E-state index in [-0.39, 0.29) is 5.82 Å². The van der Waals surface area contributed by atoms with E-state index < -0.39 is 40.5 Å². The Bertz CT molecular complexity index is 621. The molecule has 5 nitrogen and oxygen atoms in total. The van der Waals surface area contributed by atoms with Crippen molar-refractivity contribution < 1.29 is 22.8 Å². The molecule has 0 radical (unpaired) electrons. The maximum atomic E-state index is 12.6. The van der Waals surface area contributed by atoms with E-state index in [1.165, 1.54) is 0 Å². The summed E-state index contributed by atoms with van der Waals surface area (Å²) in [5, 5.41) is 0.0294. The van der Waals surface area contributed by atoms with Gasteiger partial charge in [-0.1, -0.05) is 25.4 Å². The molecule has 0 aromatic carbocycles. The van der Waals surface area contributed by atoms with Crippen LogP contribution in [0.1, 0.15) is 25.8 Å². The van der Waals surface area contributed by atoms with Crippen LogP contribution in [0, 0.1) is 11.8 Å².